The van der Waals surface area contributed by atoms with Gasteiger partial charge in [-0.25, -0.2) is 0 Å². The van der Waals surface area contributed by atoms with Crippen LogP contribution in [0.5, 0.6) is 0 Å². The number of hydrogen-bond donors (Lipinski definition) is 2. The molecule has 1 aliphatic heterocycles. The minimum atomic E-state index is -0.0101. The highest BCUT2D eigenvalue weighted by molar-refractivity contribution is 8.16. The van der Waals surface area contributed by atoms with E-state index in [1.807, 2.05) is 35.7 Å². The number of amides is 1. The number of carbonyl (C=O) groups excluding carboxylic acids is 1. The van der Waals surface area contributed by atoms with E-state index in [0.29, 0.717) is 17.7 Å². The Labute approximate surface area is 153 Å². The van der Waals surface area contributed by atoms with Gasteiger partial charge in [0.25, 0.3) is 5.91 Å². The number of hydrogen-bond acceptors (Lipinski definition) is 5. The zero-order valence-corrected chi connectivity index (χ0v) is 15.8. The van der Waals surface area contributed by atoms with Crippen LogP contribution in [0.1, 0.15) is 26.9 Å². The Bertz CT molecular complexity index is 454. The maximum atomic E-state index is 12.0. The number of rotatable bonds is 8. The minimum absolute atomic E-state index is 0. The maximum absolute atomic E-state index is 12.0. The van der Waals surface area contributed by atoms with Gasteiger partial charge in [-0.3, -0.25) is 4.79 Å². The predicted octanol–water partition coefficient (Wildman–Crippen LogP) is 2.94. The van der Waals surface area contributed by atoms with Crippen LogP contribution in [0.4, 0.5) is 0 Å². The Hall–Kier alpha value is -0.400. The maximum Gasteiger partial charge on any atom is 0.251 e. The van der Waals surface area contributed by atoms with E-state index in [0.717, 1.165) is 18.7 Å². The molecule has 0 bridgehead atoms. The molecule has 0 aromatic heterocycles. The van der Waals surface area contributed by atoms with Crippen LogP contribution in [0.25, 0.3) is 0 Å². The molecule has 1 aromatic rings. The van der Waals surface area contributed by atoms with Crippen LogP contribution < -0.4 is 10.6 Å². The minimum Gasteiger partial charge on any atom is -0.383 e. The molecule has 2 N–H and O–H groups in total. The summed E-state index contributed by atoms with van der Waals surface area (Å²) < 4.78 is 5.47. The molecule has 1 heterocycles. The van der Waals surface area contributed by atoms with E-state index >= 15 is 0 Å². The van der Waals surface area contributed by atoms with Crippen LogP contribution in [0.3, 0.4) is 0 Å². The van der Waals surface area contributed by atoms with E-state index in [1.54, 1.807) is 7.11 Å². The number of methoxy groups -OCH3 is 1. The molecule has 1 aliphatic rings. The zero-order chi connectivity index (χ0) is 15.6. The Morgan fingerprint density at radius 2 is 1.87 bits per heavy atom. The van der Waals surface area contributed by atoms with Gasteiger partial charge >= 0.3 is 0 Å². The number of halogens is 1. The Morgan fingerprint density at radius 1 is 1.17 bits per heavy atom. The van der Waals surface area contributed by atoms with Crippen LogP contribution in [-0.4, -0.2) is 50.8 Å². The molecule has 0 aliphatic carbocycles. The number of ether oxygens (including phenoxy) is 1. The molecule has 0 spiro atoms. The van der Waals surface area contributed by atoms with Crippen molar-refractivity contribution in [2.24, 2.45) is 0 Å². The Kier molecular flexibility index (Phi) is 10.8. The van der Waals surface area contributed by atoms with Crippen LogP contribution in [0.2, 0.25) is 0 Å². The third-order valence-corrected chi connectivity index (χ3v) is 6.36. The van der Waals surface area contributed by atoms with Crippen molar-refractivity contribution in [2.45, 2.75) is 11.0 Å². The van der Waals surface area contributed by atoms with Crippen molar-refractivity contribution in [3.8, 4) is 0 Å². The summed E-state index contributed by atoms with van der Waals surface area (Å²) in [5, 5.41) is 6.12. The molecule has 130 valence electrons. The Morgan fingerprint density at radius 3 is 2.52 bits per heavy atom. The average Bonchev–Trinajstić information content (AvgIpc) is 2.59. The van der Waals surface area contributed by atoms with Crippen molar-refractivity contribution >= 4 is 41.8 Å². The summed E-state index contributed by atoms with van der Waals surface area (Å²) in [6.45, 7) is 2.87. The molecule has 1 saturated heterocycles. The molecule has 1 amide bonds. The van der Waals surface area contributed by atoms with E-state index in [-0.39, 0.29) is 18.3 Å². The lowest BCUT2D eigenvalue weighted by atomic mass is 10.1. The predicted molar refractivity (Wildman–Crippen MR) is 103 cm³/mol. The highest BCUT2D eigenvalue weighted by Crippen LogP contribution is 2.43. The number of carbonyl (C=O) groups is 1. The smallest absolute Gasteiger partial charge is 0.251 e. The monoisotopic (exact) mass is 376 g/mol. The average molecular weight is 377 g/mol. The number of benzene rings is 1. The summed E-state index contributed by atoms with van der Waals surface area (Å²) in [6.07, 6.45) is 1.30. The fraction of sp³-hybridized carbons (Fsp3) is 0.562. The van der Waals surface area contributed by atoms with E-state index in [4.69, 9.17) is 4.74 Å². The van der Waals surface area contributed by atoms with Gasteiger partial charge < -0.3 is 15.4 Å². The molecule has 0 unspecified atom stereocenters. The van der Waals surface area contributed by atoms with Crippen molar-refractivity contribution in [1.29, 1.82) is 0 Å². The second-order valence-electron chi connectivity index (χ2n) is 5.05. The van der Waals surface area contributed by atoms with Crippen LogP contribution >= 0.6 is 35.9 Å². The highest BCUT2D eigenvalue weighted by Gasteiger charge is 2.16. The van der Waals surface area contributed by atoms with Gasteiger partial charge in [0, 0.05) is 32.3 Å². The molecule has 2 rings (SSSR count). The third-order valence-electron chi connectivity index (χ3n) is 3.34. The summed E-state index contributed by atoms with van der Waals surface area (Å²) in [5.41, 5.74) is 2.04. The number of nitrogens with one attached hydrogen (secondary N) is 2. The zero-order valence-electron chi connectivity index (χ0n) is 13.4. The van der Waals surface area contributed by atoms with Crippen molar-refractivity contribution in [3.63, 3.8) is 0 Å². The van der Waals surface area contributed by atoms with E-state index < -0.39 is 0 Å². The topological polar surface area (TPSA) is 50.4 Å². The first-order chi connectivity index (χ1) is 10.8. The van der Waals surface area contributed by atoms with Crippen molar-refractivity contribution < 1.29 is 9.53 Å². The quantitative estimate of drug-likeness (QED) is 0.683. The van der Waals surface area contributed by atoms with Crippen molar-refractivity contribution in [2.75, 3.05) is 44.9 Å². The second-order valence-corrected chi connectivity index (χ2v) is 7.77. The SMILES string of the molecule is COCCNCCNC(=O)c1ccc(C2SCCCS2)cc1.Cl. The van der Waals surface area contributed by atoms with Crippen molar-refractivity contribution in [3.05, 3.63) is 35.4 Å². The summed E-state index contributed by atoms with van der Waals surface area (Å²) in [4.78, 5) is 12.0. The fourth-order valence-corrected chi connectivity index (χ4v) is 5.03. The van der Waals surface area contributed by atoms with Crippen molar-refractivity contribution in [1.82, 2.24) is 10.6 Å². The number of thioether (sulfide) groups is 2. The summed E-state index contributed by atoms with van der Waals surface area (Å²) in [7, 11) is 1.68. The summed E-state index contributed by atoms with van der Waals surface area (Å²) in [6, 6.07) is 8.03. The molecular weight excluding hydrogens is 352 g/mol. The molecule has 1 fully saturated rings. The molecule has 23 heavy (non-hydrogen) atoms. The first-order valence-corrected chi connectivity index (χ1v) is 9.72. The lowest BCUT2D eigenvalue weighted by molar-refractivity contribution is 0.0953. The van der Waals surface area contributed by atoms with Gasteiger partial charge in [-0.1, -0.05) is 12.1 Å². The summed E-state index contributed by atoms with van der Waals surface area (Å²) in [5.74, 6) is 2.45. The van der Waals surface area contributed by atoms with Gasteiger partial charge in [-0.05, 0) is 35.6 Å². The van der Waals surface area contributed by atoms with Gasteiger partial charge in [0.15, 0.2) is 0 Å². The van der Waals surface area contributed by atoms with Crippen LogP contribution in [0, 0.1) is 0 Å². The first-order valence-electron chi connectivity index (χ1n) is 7.62. The molecular formula is C16H25ClN2O2S2. The highest BCUT2D eigenvalue weighted by atomic mass is 35.5. The lowest BCUT2D eigenvalue weighted by Crippen LogP contribution is -2.33. The molecule has 7 heteroatoms. The molecule has 4 nitrogen and oxygen atoms in total. The largest absolute Gasteiger partial charge is 0.383 e. The molecule has 0 radical (unpaired) electrons. The Balaban J connectivity index is 0.00000264. The normalized spacial score (nSPS) is 15.0. The summed E-state index contributed by atoms with van der Waals surface area (Å²) >= 11 is 4.00. The first kappa shape index (κ1) is 20.6. The molecule has 0 saturated carbocycles. The van der Waals surface area contributed by atoms with Gasteiger partial charge in [-0.2, -0.15) is 0 Å². The van der Waals surface area contributed by atoms with Gasteiger partial charge in [0.2, 0.25) is 0 Å². The van der Waals surface area contributed by atoms with Crippen LogP contribution in [-0.2, 0) is 4.74 Å². The molecule has 1 aromatic carbocycles. The van der Waals surface area contributed by atoms with Gasteiger partial charge in [-0.15, -0.1) is 35.9 Å². The van der Waals surface area contributed by atoms with Gasteiger partial charge in [0.1, 0.15) is 0 Å². The lowest BCUT2D eigenvalue weighted by Gasteiger charge is -2.21. The molecule has 0 atom stereocenters. The standard InChI is InChI=1S/C16H24N2O2S2.ClH/c1-20-10-9-17-7-8-18-15(19)13-3-5-14(6-4-13)16-21-11-2-12-22-16;/h3-6,16-17H,2,7-12H2,1H3,(H,18,19);1H. The van der Waals surface area contributed by atoms with E-state index in [2.05, 4.69) is 22.8 Å². The van der Waals surface area contributed by atoms with E-state index in [9.17, 15) is 4.79 Å². The van der Waals surface area contributed by atoms with Gasteiger partial charge in [0.05, 0.1) is 11.2 Å². The van der Waals surface area contributed by atoms with Crippen LogP contribution in [0.15, 0.2) is 24.3 Å². The third kappa shape index (κ3) is 7.35. The van der Waals surface area contributed by atoms with E-state index in [1.165, 1.54) is 23.5 Å². The fourth-order valence-electron chi connectivity index (χ4n) is 2.14. The second kappa shape index (κ2) is 12.0.